The first-order chi connectivity index (χ1) is 9.39. The minimum Gasteiger partial charge on any atom is -0.388 e. The van der Waals surface area contributed by atoms with Crippen molar-refractivity contribution in [1.29, 1.82) is 0 Å². The van der Waals surface area contributed by atoms with Crippen molar-refractivity contribution in [3.63, 3.8) is 0 Å². The van der Waals surface area contributed by atoms with Crippen molar-refractivity contribution in [1.82, 2.24) is 0 Å². The molecule has 0 saturated heterocycles. The molecular formula is C18H21ClO. The van der Waals surface area contributed by atoms with Crippen LogP contribution in [0.3, 0.4) is 0 Å². The van der Waals surface area contributed by atoms with Crippen LogP contribution in [0, 0.1) is 0 Å². The first kappa shape index (κ1) is 15.1. The molecule has 20 heavy (non-hydrogen) atoms. The number of rotatable bonds is 3. The Morgan fingerprint density at radius 3 is 2.25 bits per heavy atom. The third-order valence-corrected chi connectivity index (χ3v) is 3.87. The first-order valence-electron chi connectivity index (χ1n) is 6.90. The summed E-state index contributed by atoms with van der Waals surface area (Å²) < 4.78 is 0. The second-order valence-electron chi connectivity index (χ2n) is 6.15. The van der Waals surface area contributed by atoms with E-state index in [4.69, 9.17) is 11.6 Å². The molecule has 0 aliphatic rings. The predicted molar refractivity (Wildman–Crippen MR) is 85.3 cm³/mol. The Hall–Kier alpha value is -1.31. The van der Waals surface area contributed by atoms with Gasteiger partial charge in [-0.1, -0.05) is 74.8 Å². The standard InChI is InChI=1S/C18H21ClO/c1-18(2,3)15-10-6-5-9-14(15)17(20)12-13-8-4-7-11-16(13)19/h4-11,17,20H,12H2,1-3H3. The highest BCUT2D eigenvalue weighted by atomic mass is 35.5. The fourth-order valence-corrected chi connectivity index (χ4v) is 2.67. The van der Waals surface area contributed by atoms with Crippen LogP contribution in [0.4, 0.5) is 0 Å². The van der Waals surface area contributed by atoms with Gasteiger partial charge in [0.15, 0.2) is 0 Å². The van der Waals surface area contributed by atoms with Crippen LogP contribution < -0.4 is 0 Å². The van der Waals surface area contributed by atoms with Gasteiger partial charge in [-0.25, -0.2) is 0 Å². The van der Waals surface area contributed by atoms with Crippen molar-refractivity contribution in [2.75, 3.05) is 0 Å². The molecular weight excluding hydrogens is 268 g/mol. The smallest absolute Gasteiger partial charge is 0.0833 e. The van der Waals surface area contributed by atoms with E-state index in [9.17, 15) is 5.11 Å². The second kappa shape index (κ2) is 5.99. The summed E-state index contributed by atoms with van der Waals surface area (Å²) in [5.41, 5.74) is 3.16. The number of aliphatic hydroxyl groups excluding tert-OH is 1. The van der Waals surface area contributed by atoms with Gasteiger partial charge in [-0.15, -0.1) is 0 Å². The lowest BCUT2D eigenvalue weighted by Gasteiger charge is -2.25. The molecule has 0 aliphatic carbocycles. The Balaban J connectivity index is 2.31. The number of hydrogen-bond acceptors (Lipinski definition) is 1. The summed E-state index contributed by atoms with van der Waals surface area (Å²) in [5.74, 6) is 0. The van der Waals surface area contributed by atoms with Crippen molar-refractivity contribution in [3.05, 3.63) is 70.2 Å². The molecule has 0 aromatic heterocycles. The number of benzene rings is 2. The van der Waals surface area contributed by atoms with E-state index in [0.29, 0.717) is 11.4 Å². The molecule has 0 fully saturated rings. The largest absolute Gasteiger partial charge is 0.388 e. The lowest BCUT2D eigenvalue weighted by Crippen LogP contribution is -2.17. The molecule has 2 heteroatoms. The minimum absolute atomic E-state index is 0.0120. The SMILES string of the molecule is CC(C)(C)c1ccccc1C(O)Cc1ccccc1Cl. The molecule has 2 aromatic carbocycles. The Kier molecular flexibility index (Phi) is 4.52. The molecule has 1 nitrogen and oxygen atoms in total. The van der Waals surface area contributed by atoms with Crippen LogP contribution in [0.15, 0.2) is 48.5 Å². The quantitative estimate of drug-likeness (QED) is 0.850. The molecule has 0 heterocycles. The van der Waals surface area contributed by atoms with Gasteiger partial charge in [0.2, 0.25) is 0 Å². The Bertz CT molecular complexity index is 584. The molecule has 1 atom stereocenters. The number of aliphatic hydroxyl groups is 1. The highest BCUT2D eigenvalue weighted by molar-refractivity contribution is 6.31. The van der Waals surface area contributed by atoms with Crippen LogP contribution in [0.2, 0.25) is 5.02 Å². The van der Waals surface area contributed by atoms with E-state index < -0.39 is 6.10 Å². The molecule has 0 saturated carbocycles. The average Bonchev–Trinajstić information content (AvgIpc) is 2.40. The van der Waals surface area contributed by atoms with Crippen molar-refractivity contribution in [3.8, 4) is 0 Å². The van der Waals surface area contributed by atoms with Gasteiger partial charge in [-0.05, 0) is 28.2 Å². The van der Waals surface area contributed by atoms with Crippen LogP contribution in [0.25, 0.3) is 0 Å². The van der Waals surface area contributed by atoms with E-state index >= 15 is 0 Å². The highest BCUT2D eigenvalue weighted by Gasteiger charge is 2.21. The van der Waals surface area contributed by atoms with E-state index in [1.165, 1.54) is 5.56 Å². The maximum atomic E-state index is 10.6. The fraction of sp³-hybridized carbons (Fsp3) is 0.333. The van der Waals surface area contributed by atoms with Gasteiger partial charge in [-0.3, -0.25) is 0 Å². The number of hydrogen-bond donors (Lipinski definition) is 1. The van der Waals surface area contributed by atoms with Crippen molar-refractivity contribution in [2.45, 2.75) is 38.7 Å². The third-order valence-electron chi connectivity index (χ3n) is 3.50. The summed E-state index contributed by atoms with van der Waals surface area (Å²) in [6.07, 6.45) is -0.00225. The lowest BCUT2D eigenvalue weighted by molar-refractivity contribution is 0.176. The Labute approximate surface area is 126 Å². The molecule has 106 valence electrons. The molecule has 0 amide bonds. The third kappa shape index (κ3) is 3.41. The zero-order valence-corrected chi connectivity index (χ0v) is 13.0. The zero-order chi connectivity index (χ0) is 14.8. The van der Waals surface area contributed by atoms with Crippen LogP contribution in [0.5, 0.6) is 0 Å². The first-order valence-corrected chi connectivity index (χ1v) is 7.28. The molecule has 1 N–H and O–H groups in total. The summed E-state index contributed by atoms with van der Waals surface area (Å²) in [7, 11) is 0. The molecule has 0 spiro atoms. The molecule has 2 rings (SSSR count). The summed E-state index contributed by atoms with van der Waals surface area (Å²) in [6.45, 7) is 6.48. The normalized spacial score (nSPS) is 13.2. The molecule has 0 radical (unpaired) electrons. The van der Waals surface area contributed by atoms with E-state index in [1.54, 1.807) is 0 Å². The summed E-state index contributed by atoms with van der Waals surface area (Å²) in [6, 6.07) is 15.8. The van der Waals surface area contributed by atoms with Crippen LogP contribution in [-0.2, 0) is 11.8 Å². The van der Waals surface area contributed by atoms with Crippen LogP contribution >= 0.6 is 11.6 Å². The fourth-order valence-electron chi connectivity index (χ4n) is 2.45. The van der Waals surface area contributed by atoms with Crippen molar-refractivity contribution >= 4 is 11.6 Å². The van der Waals surface area contributed by atoms with Gasteiger partial charge in [0.25, 0.3) is 0 Å². The topological polar surface area (TPSA) is 20.2 Å². The maximum Gasteiger partial charge on any atom is 0.0833 e. The Morgan fingerprint density at radius 2 is 1.60 bits per heavy atom. The van der Waals surface area contributed by atoms with E-state index in [1.807, 2.05) is 42.5 Å². The van der Waals surface area contributed by atoms with Crippen LogP contribution in [0.1, 0.15) is 43.6 Å². The molecule has 2 aromatic rings. The van der Waals surface area contributed by atoms with E-state index in [2.05, 4.69) is 26.8 Å². The lowest BCUT2D eigenvalue weighted by atomic mass is 9.81. The maximum absolute atomic E-state index is 10.6. The average molecular weight is 289 g/mol. The van der Waals surface area contributed by atoms with Gasteiger partial charge in [0.05, 0.1) is 6.10 Å². The van der Waals surface area contributed by atoms with Gasteiger partial charge < -0.3 is 5.11 Å². The minimum atomic E-state index is -0.537. The van der Waals surface area contributed by atoms with Gasteiger partial charge in [0, 0.05) is 11.4 Å². The monoisotopic (exact) mass is 288 g/mol. The van der Waals surface area contributed by atoms with Crippen molar-refractivity contribution < 1.29 is 5.11 Å². The predicted octanol–water partition coefficient (Wildman–Crippen LogP) is 4.91. The summed E-state index contributed by atoms with van der Waals surface area (Å²) in [4.78, 5) is 0. The van der Waals surface area contributed by atoms with Gasteiger partial charge in [0.1, 0.15) is 0 Å². The zero-order valence-electron chi connectivity index (χ0n) is 12.2. The van der Waals surface area contributed by atoms with Crippen LogP contribution in [-0.4, -0.2) is 5.11 Å². The molecule has 0 aliphatic heterocycles. The van der Waals surface area contributed by atoms with E-state index in [0.717, 1.165) is 11.1 Å². The second-order valence-corrected chi connectivity index (χ2v) is 6.56. The molecule has 1 unspecified atom stereocenters. The number of halogens is 1. The molecule has 0 bridgehead atoms. The van der Waals surface area contributed by atoms with Crippen molar-refractivity contribution in [2.24, 2.45) is 0 Å². The summed E-state index contributed by atoms with van der Waals surface area (Å²) >= 11 is 6.17. The summed E-state index contributed by atoms with van der Waals surface area (Å²) in [5, 5.41) is 11.3. The van der Waals surface area contributed by atoms with Gasteiger partial charge in [-0.2, -0.15) is 0 Å². The van der Waals surface area contributed by atoms with Gasteiger partial charge >= 0.3 is 0 Å². The highest BCUT2D eigenvalue weighted by Crippen LogP contribution is 2.32. The Morgan fingerprint density at radius 1 is 1.00 bits per heavy atom. The van der Waals surface area contributed by atoms with E-state index in [-0.39, 0.29) is 5.41 Å².